The van der Waals surface area contributed by atoms with Gasteiger partial charge in [0.25, 0.3) is 0 Å². The summed E-state index contributed by atoms with van der Waals surface area (Å²) in [5.41, 5.74) is 2.81. The minimum absolute atomic E-state index is 0.00550. The molecule has 2 aromatic heterocycles. The zero-order chi connectivity index (χ0) is 19.5. The van der Waals surface area contributed by atoms with E-state index in [2.05, 4.69) is 22.1 Å². The van der Waals surface area contributed by atoms with Crippen molar-refractivity contribution in [2.45, 2.75) is 19.4 Å². The molecule has 0 saturated carbocycles. The van der Waals surface area contributed by atoms with E-state index in [1.807, 2.05) is 61.6 Å². The summed E-state index contributed by atoms with van der Waals surface area (Å²) in [5, 5.41) is 2.90. The third-order valence-electron chi connectivity index (χ3n) is 5.01. The highest BCUT2D eigenvalue weighted by atomic mass is 16.2. The van der Waals surface area contributed by atoms with E-state index < -0.39 is 0 Å². The molecule has 142 valence electrons. The Balaban J connectivity index is 1.76. The smallest absolute Gasteiger partial charge is 0.328 e. The molecule has 0 unspecified atom stereocenters. The van der Waals surface area contributed by atoms with Crippen molar-refractivity contribution in [2.24, 2.45) is 0 Å². The Morgan fingerprint density at radius 3 is 2.61 bits per heavy atom. The van der Waals surface area contributed by atoms with Crippen LogP contribution in [-0.2, 0) is 0 Å². The maximum Gasteiger partial charge on any atom is 0.328 e. The van der Waals surface area contributed by atoms with Crippen LogP contribution in [0.15, 0.2) is 66.9 Å². The van der Waals surface area contributed by atoms with Gasteiger partial charge in [0.2, 0.25) is 0 Å². The van der Waals surface area contributed by atoms with Crippen molar-refractivity contribution >= 4 is 23.4 Å². The summed E-state index contributed by atoms with van der Waals surface area (Å²) in [6.45, 7) is 2.91. The second kappa shape index (κ2) is 7.68. The monoisotopic (exact) mass is 373 g/mol. The topological polar surface area (TPSA) is 61.4 Å². The summed E-state index contributed by atoms with van der Waals surface area (Å²) >= 11 is 0. The fraction of sp³-hybridized carbons (Fsp3) is 0.227. The Hall–Kier alpha value is -3.41. The number of benzene rings is 1. The number of anilines is 3. The summed E-state index contributed by atoms with van der Waals surface area (Å²) in [6, 6.07) is 19.3. The van der Waals surface area contributed by atoms with Gasteiger partial charge in [-0.1, -0.05) is 36.4 Å². The van der Waals surface area contributed by atoms with E-state index >= 15 is 0 Å². The largest absolute Gasteiger partial charge is 0.372 e. The van der Waals surface area contributed by atoms with E-state index in [0.717, 1.165) is 29.9 Å². The molecule has 1 atom stereocenters. The van der Waals surface area contributed by atoms with Gasteiger partial charge in [0.1, 0.15) is 5.82 Å². The Morgan fingerprint density at radius 2 is 1.86 bits per heavy atom. The normalized spacial score (nSPS) is 16.3. The van der Waals surface area contributed by atoms with Crippen molar-refractivity contribution < 1.29 is 4.79 Å². The third-order valence-corrected chi connectivity index (χ3v) is 5.01. The van der Waals surface area contributed by atoms with E-state index in [1.54, 1.807) is 17.2 Å². The zero-order valence-electron chi connectivity index (χ0n) is 16.0. The molecule has 0 fully saturated rings. The van der Waals surface area contributed by atoms with Crippen LogP contribution in [0, 0.1) is 0 Å². The molecular weight excluding hydrogens is 350 g/mol. The number of hydrogen-bond acceptors (Lipinski definition) is 4. The molecule has 28 heavy (non-hydrogen) atoms. The first kappa shape index (κ1) is 18.0. The number of rotatable bonds is 2. The van der Waals surface area contributed by atoms with Gasteiger partial charge in [-0.2, -0.15) is 0 Å². The molecule has 1 aliphatic rings. The molecule has 0 aliphatic carbocycles. The van der Waals surface area contributed by atoms with Crippen LogP contribution in [0.1, 0.15) is 13.3 Å². The number of nitrogens with one attached hydrogen (secondary N) is 1. The van der Waals surface area contributed by atoms with Crippen LogP contribution < -0.4 is 15.1 Å². The number of pyridine rings is 2. The number of hydrogen-bond donors (Lipinski definition) is 1. The highest BCUT2D eigenvalue weighted by Gasteiger charge is 2.30. The molecule has 4 rings (SSSR count). The highest BCUT2D eigenvalue weighted by Crippen LogP contribution is 2.34. The van der Waals surface area contributed by atoms with Crippen LogP contribution in [0.5, 0.6) is 0 Å². The van der Waals surface area contributed by atoms with Crippen molar-refractivity contribution in [3.05, 3.63) is 66.9 Å². The van der Waals surface area contributed by atoms with Crippen LogP contribution in [0.2, 0.25) is 0 Å². The molecule has 0 saturated heterocycles. The van der Waals surface area contributed by atoms with Gasteiger partial charge in [-0.25, -0.2) is 14.8 Å². The number of carbonyl (C=O) groups excluding carboxylic acids is 1. The van der Waals surface area contributed by atoms with Gasteiger partial charge in [0.15, 0.2) is 5.82 Å². The second-order valence-corrected chi connectivity index (χ2v) is 6.98. The Morgan fingerprint density at radius 1 is 1.07 bits per heavy atom. The Bertz CT molecular complexity index is 961. The average molecular weight is 373 g/mol. The summed E-state index contributed by atoms with van der Waals surface area (Å²) in [5.74, 6) is 1.19. The minimum atomic E-state index is -0.222. The highest BCUT2D eigenvalue weighted by molar-refractivity contribution is 6.03. The van der Waals surface area contributed by atoms with E-state index in [-0.39, 0.29) is 12.1 Å². The average Bonchev–Trinajstić information content (AvgIpc) is 2.85. The lowest BCUT2D eigenvalue weighted by Gasteiger charge is -2.27. The third kappa shape index (κ3) is 3.53. The predicted octanol–water partition coefficient (Wildman–Crippen LogP) is 4.41. The first-order valence-corrected chi connectivity index (χ1v) is 9.42. The van der Waals surface area contributed by atoms with Crippen LogP contribution in [0.3, 0.4) is 0 Å². The molecule has 1 N–H and O–H groups in total. The summed E-state index contributed by atoms with van der Waals surface area (Å²) < 4.78 is 0. The van der Waals surface area contributed by atoms with Crippen molar-refractivity contribution in [1.29, 1.82) is 0 Å². The van der Waals surface area contributed by atoms with Gasteiger partial charge >= 0.3 is 6.03 Å². The van der Waals surface area contributed by atoms with Gasteiger partial charge < -0.3 is 4.90 Å². The molecule has 1 aromatic carbocycles. The van der Waals surface area contributed by atoms with E-state index in [1.165, 1.54) is 0 Å². The molecule has 2 amide bonds. The molecule has 3 heterocycles. The first-order chi connectivity index (χ1) is 13.6. The number of amides is 2. The van der Waals surface area contributed by atoms with E-state index in [4.69, 9.17) is 4.98 Å². The van der Waals surface area contributed by atoms with Crippen molar-refractivity contribution in [1.82, 2.24) is 9.97 Å². The lowest BCUT2D eigenvalue weighted by atomic mass is 10.1. The van der Waals surface area contributed by atoms with Crippen LogP contribution >= 0.6 is 0 Å². The first-order valence-electron chi connectivity index (χ1n) is 9.42. The lowest BCUT2D eigenvalue weighted by molar-refractivity contribution is 0.255. The minimum Gasteiger partial charge on any atom is -0.372 e. The summed E-state index contributed by atoms with van der Waals surface area (Å²) in [7, 11) is 2.04. The Labute approximate surface area is 164 Å². The predicted molar refractivity (Wildman–Crippen MR) is 113 cm³/mol. The summed E-state index contributed by atoms with van der Waals surface area (Å²) in [4.78, 5) is 26.2. The SMILES string of the molecule is C[C@@H]1CCN(C)c2ccc(-c3ccccc3)nc2N1C(=O)Nc1ccccn1. The standard InChI is InChI=1S/C22H23N5O/c1-16-13-15-26(2)19-12-11-18(17-8-4-3-5-9-17)24-21(19)27(16)22(28)25-20-10-6-7-14-23-20/h3-12,14,16H,13,15H2,1-2H3,(H,23,25,28)/t16-/m1/s1. The van der Waals surface area contributed by atoms with Gasteiger partial charge in [0.05, 0.1) is 11.4 Å². The molecule has 6 heteroatoms. The molecule has 6 nitrogen and oxygen atoms in total. The quantitative estimate of drug-likeness (QED) is 0.723. The van der Waals surface area contributed by atoms with Crippen molar-refractivity contribution in [3.63, 3.8) is 0 Å². The van der Waals surface area contributed by atoms with Gasteiger partial charge in [-0.3, -0.25) is 10.2 Å². The molecule has 0 radical (unpaired) electrons. The molecule has 0 bridgehead atoms. The van der Waals surface area contributed by atoms with E-state index in [9.17, 15) is 4.79 Å². The zero-order valence-corrected chi connectivity index (χ0v) is 16.0. The number of aromatic nitrogens is 2. The van der Waals surface area contributed by atoms with Crippen molar-refractivity contribution in [3.8, 4) is 11.3 Å². The molecule has 1 aliphatic heterocycles. The number of nitrogens with zero attached hydrogens (tertiary/aromatic N) is 4. The summed E-state index contributed by atoms with van der Waals surface area (Å²) in [6.07, 6.45) is 2.51. The number of urea groups is 1. The van der Waals surface area contributed by atoms with Gasteiger partial charge in [-0.05, 0) is 37.6 Å². The van der Waals surface area contributed by atoms with Crippen molar-refractivity contribution in [2.75, 3.05) is 28.7 Å². The van der Waals surface area contributed by atoms with Gasteiger partial charge in [0, 0.05) is 31.4 Å². The molecular formula is C22H23N5O. The molecule has 0 spiro atoms. The van der Waals surface area contributed by atoms with Crippen LogP contribution in [-0.4, -0.2) is 35.6 Å². The van der Waals surface area contributed by atoms with Crippen LogP contribution in [0.4, 0.5) is 22.1 Å². The lowest BCUT2D eigenvalue weighted by Crippen LogP contribution is -2.42. The number of carbonyl (C=O) groups is 1. The number of fused-ring (bicyclic) bond motifs is 1. The fourth-order valence-electron chi connectivity index (χ4n) is 3.43. The maximum absolute atomic E-state index is 13.2. The maximum atomic E-state index is 13.2. The fourth-order valence-corrected chi connectivity index (χ4v) is 3.43. The van der Waals surface area contributed by atoms with E-state index in [0.29, 0.717) is 11.6 Å². The molecule has 3 aromatic rings. The second-order valence-electron chi connectivity index (χ2n) is 6.98. The van der Waals surface area contributed by atoms with Crippen LogP contribution in [0.25, 0.3) is 11.3 Å². The van der Waals surface area contributed by atoms with Gasteiger partial charge in [-0.15, -0.1) is 0 Å². The Kier molecular flexibility index (Phi) is 4.93.